The molecular formula is C14H31N5. The second kappa shape index (κ2) is 9.66. The summed E-state index contributed by atoms with van der Waals surface area (Å²) in [5.74, 6) is 0. The number of hydrogen-bond acceptors (Lipinski definition) is 5. The van der Waals surface area contributed by atoms with Crippen molar-refractivity contribution in [1.29, 1.82) is 0 Å². The molecule has 2 fully saturated rings. The van der Waals surface area contributed by atoms with Gasteiger partial charge in [-0.1, -0.05) is 0 Å². The molecule has 0 amide bonds. The molecule has 2 aliphatic rings. The Balaban J connectivity index is 1.35. The summed E-state index contributed by atoms with van der Waals surface area (Å²) in [5.41, 5.74) is 0. The van der Waals surface area contributed by atoms with Crippen LogP contribution in [-0.2, 0) is 0 Å². The molecule has 19 heavy (non-hydrogen) atoms. The Morgan fingerprint density at radius 2 is 1.11 bits per heavy atom. The minimum Gasteiger partial charge on any atom is -0.317 e. The number of piperazine rings is 2. The Labute approximate surface area is 118 Å². The molecule has 0 aromatic heterocycles. The molecule has 112 valence electrons. The predicted molar refractivity (Wildman–Crippen MR) is 80.7 cm³/mol. The molecule has 0 unspecified atom stereocenters. The molecular weight excluding hydrogens is 238 g/mol. The lowest BCUT2D eigenvalue weighted by molar-refractivity contribution is 0.233. The zero-order valence-corrected chi connectivity index (χ0v) is 12.3. The van der Waals surface area contributed by atoms with E-state index in [2.05, 4.69) is 25.8 Å². The third-order valence-electron chi connectivity index (χ3n) is 4.08. The van der Waals surface area contributed by atoms with Crippen molar-refractivity contribution in [3.63, 3.8) is 0 Å². The van der Waals surface area contributed by atoms with Gasteiger partial charge < -0.3 is 25.8 Å². The Bertz CT molecular complexity index is 190. The van der Waals surface area contributed by atoms with Gasteiger partial charge in [-0.2, -0.15) is 0 Å². The van der Waals surface area contributed by atoms with Crippen molar-refractivity contribution in [2.24, 2.45) is 0 Å². The van der Waals surface area contributed by atoms with E-state index in [-0.39, 0.29) is 0 Å². The number of hydrogen-bond donors (Lipinski definition) is 3. The first-order valence-corrected chi connectivity index (χ1v) is 8.02. The topological polar surface area (TPSA) is 42.6 Å². The molecule has 5 nitrogen and oxygen atoms in total. The fraction of sp³-hybridized carbons (Fsp3) is 1.00. The summed E-state index contributed by atoms with van der Waals surface area (Å²) in [6.07, 6.45) is 2.57. The van der Waals surface area contributed by atoms with Crippen LogP contribution >= 0.6 is 0 Å². The average molecular weight is 269 g/mol. The molecule has 0 aromatic carbocycles. The standard InChI is InChI=1S/C14H31N5/c1(9-18-11-5-16-6-12-18)3-15-4-2-10-19-13-7-17-8-14-19/h15-17H,1-14H2. The summed E-state index contributed by atoms with van der Waals surface area (Å²) in [7, 11) is 0. The van der Waals surface area contributed by atoms with Gasteiger partial charge in [0.15, 0.2) is 0 Å². The molecule has 0 atom stereocenters. The van der Waals surface area contributed by atoms with Crippen molar-refractivity contribution in [3.05, 3.63) is 0 Å². The molecule has 0 aliphatic carbocycles. The zero-order valence-electron chi connectivity index (χ0n) is 12.3. The fourth-order valence-electron chi connectivity index (χ4n) is 2.85. The highest BCUT2D eigenvalue weighted by Crippen LogP contribution is 1.95. The minimum absolute atomic E-state index is 1.16. The number of nitrogens with one attached hydrogen (secondary N) is 3. The normalized spacial score (nSPS) is 22.7. The fourth-order valence-corrected chi connectivity index (χ4v) is 2.85. The van der Waals surface area contributed by atoms with E-state index in [9.17, 15) is 0 Å². The Morgan fingerprint density at radius 3 is 1.53 bits per heavy atom. The Morgan fingerprint density at radius 1 is 0.684 bits per heavy atom. The minimum atomic E-state index is 1.16. The van der Waals surface area contributed by atoms with E-state index < -0.39 is 0 Å². The maximum atomic E-state index is 3.58. The number of nitrogens with zero attached hydrogens (tertiary/aromatic N) is 2. The van der Waals surface area contributed by atoms with Gasteiger partial charge in [-0.15, -0.1) is 0 Å². The van der Waals surface area contributed by atoms with Gasteiger partial charge in [0, 0.05) is 52.4 Å². The average Bonchev–Trinajstić information content (AvgIpc) is 2.48. The van der Waals surface area contributed by atoms with Gasteiger partial charge >= 0.3 is 0 Å². The van der Waals surface area contributed by atoms with Crippen LogP contribution in [0.3, 0.4) is 0 Å². The maximum Gasteiger partial charge on any atom is 0.0107 e. The maximum absolute atomic E-state index is 3.58. The van der Waals surface area contributed by atoms with E-state index in [1.165, 1.54) is 65.2 Å². The zero-order chi connectivity index (χ0) is 13.2. The second-order valence-electron chi connectivity index (χ2n) is 5.64. The molecule has 2 heterocycles. The first-order chi connectivity index (χ1) is 9.45. The van der Waals surface area contributed by atoms with Crippen LogP contribution in [0, 0.1) is 0 Å². The van der Waals surface area contributed by atoms with Crippen LogP contribution in [0.5, 0.6) is 0 Å². The molecule has 0 radical (unpaired) electrons. The molecule has 0 saturated carbocycles. The molecule has 3 N–H and O–H groups in total. The highest BCUT2D eigenvalue weighted by Gasteiger charge is 2.09. The smallest absolute Gasteiger partial charge is 0.0107 e. The van der Waals surface area contributed by atoms with Crippen LogP contribution in [-0.4, -0.2) is 88.3 Å². The van der Waals surface area contributed by atoms with E-state index in [0.717, 1.165) is 26.2 Å². The molecule has 5 heteroatoms. The van der Waals surface area contributed by atoms with Crippen LogP contribution in [0.1, 0.15) is 12.8 Å². The molecule has 0 spiro atoms. The van der Waals surface area contributed by atoms with Gasteiger partial charge in [0.25, 0.3) is 0 Å². The van der Waals surface area contributed by atoms with Gasteiger partial charge in [-0.05, 0) is 39.0 Å². The highest BCUT2D eigenvalue weighted by molar-refractivity contribution is 4.69. The molecule has 2 aliphatic heterocycles. The summed E-state index contributed by atoms with van der Waals surface area (Å²) in [6, 6.07) is 0. The van der Waals surface area contributed by atoms with Gasteiger partial charge in [-0.25, -0.2) is 0 Å². The summed E-state index contributed by atoms with van der Waals surface area (Å²) in [4.78, 5) is 5.14. The molecule has 0 aromatic rings. The van der Waals surface area contributed by atoms with Crippen molar-refractivity contribution in [1.82, 2.24) is 25.8 Å². The number of rotatable bonds is 8. The summed E-state index contributed by atoms with van der Waals surface area (Å²) in [5, 5.41) is 10.4. The van der Waals surface area contributed by atoms with Crippen LogP contribution in [0.15, 0.2) is 0 Å². The second-order valence-corrected chi connectivity index (χ2v) is 5.64. The quantitative estimate of drug-likeness (QED) is 0.502. The molecule has 0 bridgehead atoms. The van der Waals surface area contributed by atoms with Crippen molar-refractivity contribution < 1.29 is 0 Å². The first kappa shape index (κ1) is 15.2. The third kappa shape index (κ3) is 6.68. The lowest BCUT2D eigenvalue weighted by atomic mass is 10.3. The van der Waals surface area contributed by atoms with E-state index in [1.807, 2.05) is 0 Å². The Kier molecular flexibility index (Phi) is 7.73. The Hall–Kier alpha value is -0.200. The predicted octanol–water partition coefficient (Wildman–Crippen LogP) is -0.833. The largest absolute Gasteiger partial charge is 0.317 e. The first-order valence-electron chi connectivity index (χ1n) is 8.02. The van der Waals surface area contributed by atoms with Gasteiger partial charge in [0.1, 0.15) is 0 Å². The third-order valence-corrected chi connectivity index (χ3v) is 4.08. The van der Waals surface area contributed by atoms with Crippen LogP contribution < -0.4 is 16.0 Å². The van der Waals surface area contributed by atoms with Crippen LogP contribution in [0.25, 0.3) is 0 Å². The van der Waals surface area contributed by atoms with Crippen molar-refractivity contribution in [3.8, 4) is 0 Å². The lowest BCUT2D eigenvalue weighted by Gasteiger charge is -2.27. The van der Waals surface area contributed by atoms with E-state index in [4.69, 9.17) is 0 Å². The summed E-state index contributed by atoms with van der Waals surface area (Å²) in [6.45, 7) is 14.4. The molecule has 2 saturated heterocycles. The van der Waals surface area contributed by atoms with Gasteiger partial charge in [-0.3, -0.25) is 0 Å². The van der Waals surface area contributed by atoms with Crippen molar-refractivity contribution in [2.45, 2.75) is 12.8 Å². The molecule has 2 rings (SSSR count). The monoisotopic (exact) mass is 269 g/mol. The van der Waals surface area contributed by atoms with Crippen LogP contribution in [0.4, 0.5) is 0 Å². The van der Waals surface area contributed by atoms with E-state index in [1.54, 1.807) is 0 Å². The van der Waals surface area contributed by atoms with E-state index >= 15 is 0 Å². The van der Waals surface area contributed by atoms with Crippen molar-refractivity contribution >= 4 is 0 Å². The highest BCUT2D eigenvalue weighted by atomic mass is 15.2. The lowest BCUT2D eigenvalue weighted by Crippen LogP contribution is -2.44. The van der Waals surface area contributed by atoms with Crippen LogP contribution in [0.2, 0.25) is 0 Å². The van der Waals surface area contributed by atoms with E-state index in [0.29, 0.717) is 0 Å². The summed E-state index contributed by atoms with van der Waals surface area (Å²) < 4.78 is 0. The van der Waals surface area contributed by atoms with Crippen molar-refractivity contribution in [2.75, 3.05) is 78.5 Å². The van der Waals surface area contributed by atoms with Gasteiger partial charge in [0.05, 0.1) is 0 Å². The summed E-state index contributed by atoms with van der Waals surface area (Å²) >= 11 is 0. The SMILES string of the molecule is C(CNCCCN1CCNCC1)CN1CCNCC1. The van der Waals surface area contributed by atoms with Gasteiger partial charge in [0.2, 0.25) is 0 Å².